The fraction of sp³-hybridized carbons (Fsp3) is 0.500. The van der Waals surface area contributed by atoms with Crippen molar-refractivity contribution in [3.8, 4) is 0 Å². The van der Waals surface area contributed by atoms with Crippen LogP contribution in [0.15, 0.2) is 18.5 Å². The highest BCUT2D eigenvalue weighted by molar-refractivity contribution is 6.05. The average molecular weight is 299 g/mol. The number of hydrogen-bond acceptors (Lipinski definition) is 4. The number of aromatic amines is 1. The number of primary amides is 1. The Morgan fingerprint density at radius 1 is 1.41 bits per heavy atom. The Bertz CT molecular complexity index is 710. The summed E-state index contributed by atoms with van der Waals surface area (Å²) < 4.78 is 0. The topological polar surface area (TPSA) is 87.0 Å². The van der Waals surface area contributed by atoms with Crippen LogP contribution in [0.25, 0.3) is 11.0 Å². The van der Waals surface area contributed by atoms with Crippen LogP contribution in [0.5, 0.6) is 0 Å². The molecule has 4 rings (SSSR count). The number of amides is 1. The first-order valence-electron chi connectivity index (χ1n) is 7.88. The Kier molecular flexibility index (Phi) is 3.07. The van der Waals surface area contributed by atoms with Gasteiger partial charge in [0.15, 0.2) is 0 Å². The highest BCUT2D eigenvalue weighted by Gasteiger charge is 2.38. The van der Waals surface area contributed by atoms with Crippen LogP contribution in [-0.2, 0) is 0 Å². The van der Waals surface area contributed by atoms with E-state index in [-0.39, 0.29) is 0 Å². The van der Waals surface area contributed by atoms with Crippen molar-refractivity contribution in [3.05, 3.63) is 24.0 Å². The molecule has 0 radical (unpaired) electrons. The van der Waals surface area contributed by atoms with Crippen molar-refractivity contribution in [3.63, 3.8) is 0 Å². The van der Waals surface area contributed by atoms with Crippen molar-refractivity contribution < 1.29 is 4.79 Å². The second-order valence-electron chi connectivity index (χ2n) is 6.51. The molecule has 2 aliphatic heterocycles. The Morgan fingerprint density at radius 3 is 2.82 bits per heavy atom. The van der Waals surface area contributed by atoms with Crippen LogP contribution in [0.4, 0.5) is 5.69 Å². The standard InChI is InChI=1S/C16H21N5O/c1-21-10-2-3-11(21)7-9(6-10)20-14-12-4-5-18-16(12)19-8-13(14)15(17)22/h4-5,8-11H,2-3,6-7H2,1H3,(H2,17,22)(H2,18,19,20)/t9?,10-,11+. The SMILES string of the molecule is CN1[C@@H]2CC[C@H]1CC(Nc1c(C(N)=O)cnc3[nH]ccc13)C2. The Labute approximate surface area is 129 Å². The van der Waals surface area contributed by atoms with E-state index < -0.39 is 5.91 Å². The van der Waals surface area contributed by atoms with Crippen molar-refractivity contribution in [1.82, 2.24) is 14.9 Å². The summed E-state index contributed by atoms with van der Waals surface area (Å²) in [5.74, 6) is -0.436. The van der Waals surface area contributed by atoms with Crippen LogP contribution in [-0.4, -0.2) is 45.9 Å². The minimum Gasteiger partial charge on any atom is -0.381 e. The lowest BCUT2D eigenvalue weighted by Crippen LogP contribution is -2.44. The minimum absolute atomic E-state index is 0.382. The molecule has 0 aliphatic carbocycles. The fourth-order valence-electron chi connectivity index (χ4n) is 4.08. The number of rotatable bonds is 3. The maximum atomic E-state index is 11.7. The van der Waals surface area contributed by atoms with E-state index in [1.165, 1.54) is 12.8 Å². The number of pyridine rings is 1. The molecule has 2 aromatic rings. The Balaban J connectivity index is 1.67. The van der Waals surface area contributed by atoms with Gasteiger partial charge in [0.25, 0.3) is 5.91 Å². The van der Waals surface area contributed by atoms with E-state index >= 15 is 0 Å². The molecule has 1 unspecified atom stereocenters. The van der Waals surface area contributed by atoms with Crippen molar-refractivity contribution in [2.75, 3.05) is 12.4 Å². The molecule has 4 heterocycles. The maximum Gasteiger partial charge on any atom is 0.252 e. The van der Waals surface area contributed by atoms with Gasteiger partial charge in [0.05, 0.1) is 11.3 Å². The molecule has 1 amide bonds. The van der Waals surface area contributed by atoms with Crippen LogP contribution < -0.4 is 11.1 Å². The number of H-pyrrole nitrogens is 1. The third-order valence-corrected chi connectivity index (χ3v) is 5.30. The van der Waals surface area contributed by atoms with Gasteiger partial charge in [-0.15, -0.1) is 0 Å². The number of hydrogen-bond donors (Lipinski definition) is 3. The zero-order chi connectivity index (χ0) is 15.3. The summed E-state index contributed by atoms with van der Waals surface area (Å²) >= 11 is 0. The average Bonchev–Trinajstić information content (AvgIpc) is 3.02. The third kappa shape index (κ3) is 2.06. The summed E-state index contributed by atoms with van der Waals surface area (Å²) in [7, 11) is 2.23. The van der Waals surface area contributed by atoms with Crippen LogP contribution in [0.2, 0.25) is 0 Å². The normalized spacial score (nSPS) is 28.1. The molecule has 116 valence electrons. The molecule has 4 N–H and O–H groups in total. The lowest BCUT2D eigenvalue weighted by molar-refractivity contribution is 0.100. The predicted molar refractivity (Wildman–Crippen MR) is 85.8 cm³/mol. The molecule has 2 fully saturated rings. The molecule has 6 heteroatoms. The lowest BCUT2D eigenvalue weighted by Gasteiger charge is -2.37. The molecule has 6 nitrogen and oxygen atoms in total. The van der Waals surface area contributed by atoms with Gasteiger partial charge in [0, 0.05) is 35.9 Å². The van der Waals surface area contributed by atoms with Gasteiger partial charge in [0.2, 0.25) is 0 Å². The summed E-state index contributed by atoms with van der Waals surface area (Å²) in [6.07, 6.45) is 8.17. The molecule has 2 saturated heterocycles. The van der Waals surface area contributed by atoms with E-state index in [0.717, 1.165) is 29.6 Å². The molecular weight excluding hydrogens is 278 g/mol. The molecule has 2 aliphatic rings. The molecule has 22 heavy (non-hydrogen) atoms. The van der Waals surface area contributed by atoms with E-state index in [9.17, 15) is 4.79 Å². The summed E-state index contributed by atoms with van der Waals surface area (Å²) in [4.78, 5) is 21.6. The second kappa shape index (κ2) is 4.98. The van der Waals surface area contributed by atoms with E-state index in [1.54, 1.807) is 6.20 Å². The molecule has 3 atom stereocenters. The second-order valence-corrected chi connectivity index (χ2v) is 6.51. The molecule has 2 bridgehead atoms. The first-order chi connectivity index (χ1) is 10.6. The van der Waals surface area contributed by atoms with E-state index in [2.05, 4.69) is 27.2 Å². The monoisotopic (exact) mass is 299 g/mol. The number of anilines is 1. The van der Waals surface area contributed by atoms with Crippen LogP contribution in [0.1, 0.15) is 36.0 Å². The Morgan fingerprint density at radius 2 is 2.14 bits per heavy atom. The number of carbonyl (C=O) groups is 1. The molecule has 0 saturated carbocycles. The van der Waals surface area contributed by atoms with Crippen LogP contribution in [0, 0.1) is 0 Å². The first kappa shape index (κ1) is 13.6. The first-order valence-corrected chi connectivity index (χ1v) is 7.88. The zero-order valence-electron chi connectivity index (χ0n) is 12.7. The number of piperidine rings is 1. The van der Waals surface area contributed by atoms with Gasteiger partial charge >= 0.3 is 0 Å². The van der Waals surface area contributed by atoms with Crippen molar-refractivity contribution >= 4 is 22.6 Å². The van der Waals surface area contributed by atoms with Gasteiger partial charge in [-0.25, -0.2) is 4.98 Å². The summed E-state index contributed by atoms with van der Waals surface area (Å²) in [6, 6.07) is 3.63. The third-order valence-electron chi connectivity index (χ3n) is 5.30. The maximum absolute atomic E-state index is 11.7. The van der Waals surface area contributed by atoms with Gasteiger partial charge in [-0.2, -0.15) is 0 Å². The lowest BCUT2D eigenvalue weighted by atomic mass is 9.97. The minimum atomic E-state index is -0.436. The van der Waals surface area contributed by atoms with Gasteiger partial charge in [-0.3, -0.25) is 4.79 Å². The largest absolute Gasteiger partial charge is 0.381 e. The van der Waals surface area contributed by atoms with Crippen LogP contribution >= 0.6 is 0 Å². The van der Waals surface area contributed by atoms with E-state index in [1.807, 2.05) is 12.3 Å². The summed E-state index contributed by atoms with van der Waals surface area (Å²) in [5, 5.41) is 4.53. The van der Waals surface area contributed by atoms with Crippen molar-refractivity contribution in [1.29, 1.82) is 0 Å². The van der Waals surface area contributed by atoms with Gasteiger partial charge in [0.1, 0.15) is 5.65 Å². The number of nitrogens with zero attached hydrogens (tertiary/aromatic N) is 2. The highest BCUT2D eigenvalue weighted by Crippen LogP contribution is 2.36. The number of aromatic nitrogens is 2. The van der Waals surface area contributed by atoms with Gasteiger partial charge in [-0.05, 0) is 38.8 Å². The van der Waals surface area contributed by atoms with E-state index in [0.29, 0.717) is 23.7 Å². The van der Waals surface area contributed by atoms with Crippen molar-refractivity contribution in [2.45, 2.75) is 43.8 Å². The molecule has 2 aromatic heterocycles. The summed E-state index contributed by atoms with van der Waals surface area (Å²) in [6.45, 7) is 0. The van der Waals surface area contributed by atoms with Crippen molar-refractivity contribution in [2.24, 2.45) is 5.73 Å². The van der Waals surface area contributed by atoms with Gasteiger partial charge < -0.3 is 20.9 Å². The number of carbonyl (C=O) groups excluding carboxylic acids is 1. The quantitative estimate of drug-likeness (QED) is 0.805. The zero-order valence-corrected chi connectivity index (χ0v) is 12.7. The molecular formula is C16H21N5O. The predicted octanol–water partition coefficient (Wildman–Crippen LogP) is 1.70. The number of nitrogens with one attached hydrogen (secondary N) is 2. The molecule has 0 aromatic carbocycles. The molecule has 0 spiro atoms. The fourth-order valence-corrected chi connectivity index (χ4v) is 4.08. The van der Waals surface area contributed by atoms with E-state index in [4.69, 9.17) is 5.73 Å². The number of fused-ring (bicyclic) bond motifs is 3. The smallest absolute Gasteiger partial charge is 0.252 e. The summed E-state index contributed by atoms with van der Waals surface area (Å²) in [5.41, 5.74) is 7.61. The highest BCUT2D eigenvalue weighted by atomic mass is 16.1. The Hall–Kier alpha value is -2.08. The van der Waals surface area contributed by atoms with Crippen LogP contribution in [0.3, 0.4) is 0 Å². The number of nitrogens with two attached hydrogens (primary N) is 1. The van der Waals surface area contributed by atoms with Gasteiger partial charge in [-0.1, -0.05) is 0 Å².